The van der Waals surface area contributed by atoms with Gasteiger partial charge in [-0.1, -0.05) is 13.8 Å². The molecule has 1 aliphatic heterocycles. The van der Waals surface area contributed by atoms with E-state index in [1.165, 1.54) is 0 Å². The fourth-order valence-electron chi connectivity index (χ4n) is 2.07. The van der Waals surface area contributed by atoms with Crippen LogP contribution in [-0.2, 0) is 0 Å². The maximum Gasteiger partial charge on any atom is 0.132 e. The third-order valence-electron chi connectivity index (χ3n) is 3.63. The Morgan fingerprint density at radius 2 is 2.00 bits per heavy atom. The molecule has 2 heterocycles. The average Bonchev–Trinajstić information content (AvgIpc) is 2.36. The second kappa shape index (κ2) is 3.42. The SMILES string of the molecule is Cc1nccc(N2CC(C)(C)[C@@](C)(O)C2)n1. The van der Waals surface area contributed by atoms with Gasteiger partial charge in [0.05, 0.1) is 5.60 Å². The second-order valence-corrected chi connectivity index (χ2v) is 5.48. The number of nitrogens with zero attached hydrogens (tertiary/aromatic N) is 3. The maximum atomic E-state index is 10.3. The van der Waals surface area contributed by atoms with Crippen molar-refractivity contribution in [1.82, 2.24) is 9.97 Å². The molecular weight excluding hydrogens is 202 g/mol. The maximum absolute atomic E-state index is 10.3. The van der Waals surface area contributed by atoms with E-state index in [1.54, 1.807) is 6.20 Å². The molecule has 1 saturated heterocycles. The molecule has 0 aliphatic carbocycles. The van der Waals surface area contributed by atoms with E-state index in [0.29, 0.717) is 6.54 Å². The molecule has 4 heteroatoms. The van der Waals surface area contributed by atoms with Crippen LogP contribution in [0.5, 0.6) is 0 Å². The molecule has 0 unspecified atom stereocenters. The third kappa shape index (κ3) is 1.78. The van der Waals surface area contributed by atoms with E-state index in [2.05, 4.69) is 28.7 Å². The minimum atomic E-state index is -0.675. The van der Waals surface area contributed by atoms with Gasteiger partial charge in [0.1, 0.15) is 11.6 Å². The summed E-state index contributed by atoms with van der Waals surface area (Å²) < 4.78 is 0. The molecule has 0 aromatic carbocycles. The van der Waals surface area contributed by atoms with Crippen LogP contribution in [0.15, 0.2) is 12.3 Å². The van der Waals surface area contributed by atoms with Gasteiger partial charge >= 0.3 is 0 Å². The number of hydrogen-bond donors (Lipinski definition) is 1. The summed E-state index contributed by atoms with van der Waals surface area (Å²) in [7, 11) is 0. The molecule has 0 spiro atoms. The van der Waals surface area contributed by atoms with E-state index in [1.807, 2.05) is 19.9 Å². The number of aryl methyl sites for hydroxylation is 1. The van der Waals surface area contributed by atoms with Crippen LogP contribution in [0.25, 0.3) is 0 Å². The Bertz CT molecular complexity index is 385. The minimum absolute atomic E-state index is 0.119. The summed E-state index contributed by atoms with van der Waals surface area (Å²) in [6, 6.07) is 1.89. The van der Waals surface area contributed by atoms with E-state index in [0.717, 1.165) is 18.2 Å². The van der Waals surface area contributed by atoms with Crippen LogP contribution in [0.1, 0.15) is 26.6 Å². The largest absolute Gasteiger partial charge is 0.388 e. The van der Waals surface area contributed by atoms with Crippen LogP contribution in [0.4, 0.5) is 5.82 Å². The summed E-state index contributed by atoms with van der Waals surface area (Å²) in [4.78, 5) is 10.6. The number of rotatable bonds is 1. The van der Waals surface area contributed by atoms with Crippen LogP contribution in [0.3, 0.4) is 0 Å². The first kappa shape index (κ1) is 11.3. The Morgan fingerprint density at radius 3 is 2.50 bits per heavy atom. The van der Waals surface area contributed by atoms with Gasteiger partial charge in [0.15, 0.2) is 0 Å². The predicted molar refractivity (Wildman–Crippen MR) is 63.4 cm³/mol. The Kier molecular flexibility index (Phi) is 2.42. The lowest BCUT2D eigenvalue weighted by Crippen LogP contribution is -2.40. The van der Waals surface area contributed by atoms with Crippen molar-refractivity contribution in [2.45, 2.75) is 33.3 Å². The fourth-order valence-corrected chi connectivity index (χ4v) is 2.07. The van der Waals surface area contributed by atoms with Crippen molar-refractivity contribution in [3.05, 3.63) is 18.1 Å². The molecule has 1 N–H and O–H groups in total. The van der Waals surface area contributed by atoms with Crippen molar-refractivity contribution >= 4 is 5.82 Å². The van der Waals surface area contributed by atoms with Gasteiger partial charge in [0.2, 0.25) is 0 Å². The Morgan fingerprint density at radius 1 is 1.31 bits per heavy atom. The number of β-amino-alcohol motifs (C(OH)–C–C–N with tert-alkyl or cyclic N) is 1. The number of aliphatic hydroxyl groups is 1. The molecular formula is C12H19N3O. The molecule has 1 atom stereocenters. The zero-order valence-corrected chi connectivity index (χ0v) is 10.4. The van der Waals surface area contributed by atoms with E-state index in [4.69, 9.17) is 0 Å². The van der Waals surface area contributed by atoms with Crippen LogP contribution in [-0.4, -0.2) is 33.8 Å². The topological polar surface area (TPSA) is 49.2 Å². The van der Waals surface area contributed by atoms with Crippen molar-refractivity contribution in [3.8, 4) is 0 Å². The van der Waals surface area contributed by atoms with Crippen molar-refractivity contribution in [2.24, 2.45) is 5.41 Å². The Balaban J connectivity index is 2.27. The van der Waals surface area contributed by atoms with Crippen LogP contribution < -0.4 is 4.90 Å². The molecule has 1 aliphatic rings. The summed E-state index contributed by atoms with van der Waals surface area (Å²) in [5.74, 6) is 1.67. The van der Waals surface area contributed by atoms with Crippen LogP contribution >= 0.6 is 0 Å². The molecule has 0 radical (unpaired) electrons. The highest BCUT2D eigenvalue weighted by Gasteiger charge is 2.48. The molecule has 0 saturated carbocycles. The lowest BCUT2D eigenvalue weighted by molar-refractivity contribution is -0.00891. The van der Waals surface area contributed by atoms with Gasteiger partial charge in [0, 0.05) is 24.7 Å². The minimum Gasteiger partial charge on any atom is -0.388 e. The van der Waals surface area contributed by atoms with E-state index >= 15 is 0 Å². The first-order valence-corrected chi connectivity index (χ1v) is 5.59. The van der Waals surface area contributed by atoms with Crippen LogP contribution in [0.2, 0.25) is 0 Å². The molecule has 0 bridgehead atoms. The zero-order valence-electron chi connectivity index (χ0n) is 10.4. The quantitative estimate of drug-likeness (QED) is 0.778. The second-order valence-electron chi connectivity index (χ2n) is 5.48. The standard InChI is InChI=1S/C12H19N3O/c1-9-13-6-5-10(14-9)15-7-11(2,3)12(4,16)8-15/h5-6,16H,7-8H2,1-4H3/t12-/m0/s1. The molecule has 0 amide bonds. The van der Waals surface area contributed by atoms with E-state index < -0.39 is 5.60 Å². The first-order valence-electron chi connectivity index (χ1n) is 5.59. The highest BCUT2D eigenvalue weighted by molar-refractivity contribution is 5.41. The van der Waals surface area contributed by atoms with Crippen molar-refractivity contribution in [1.29, 1.82) is 0 Å². The summed E-state index contributed by atoms with van der Waals surface area (Å²) in [6.07, 6.45) is 1.76. The first-order chi connectivity index (χ1) is 7.32. The van der Waals surface area contributed by atoms with Crippen LogP contribution in [0, 0.1) is 12.3 Å². The van der Waals surface area contributed by atoms with Gasteiger partial charge in [-0.15, -0.1) is 0 Å². The molecule has 1 aromatic heterocycles. The van der Waals surface area contributed by atoms with E-state index in [9.17, 15) is 5.11 Å². The van der Waals surface area contributed by atoms with Crippen molar-refractivity contribution in [2.75, 3.05) is 18.0 Å². The molecule has 1 aromatic rings. The number of hydrogen-bond acceptors (Lipinski definition) is 4. The number of anilines is 1. The average molecular weight is 221 g/mol. The lowest BCUT2D eigenvalue weighted by Gasteiger charge is -2.30. The van der Waals surface area contributed by atoms with Gasteiger partial charge in [-0.05, 0) is 19.9 Å². The zero-order chi connectivity index (χ0) is 12.0. The molecule has 4 nitrogen and oxygen atoms in total. The summed E-state index contributed by atoms with van der Waals surface area (Å²) in [5.41, 5.74) is -0.794. The van der Waals surface area contributed by atoms with Gasteiger partial charge in [-0.25, -0.2) is 9.97 Å². The molecule has 1 fully saturated rings. The fraction of sp³-hybridized carbons (Fsp3) is 0.667. The lowest BCUT2D eigenvalue weighted by atomic mass is 9.79. The van der Waals surface area contributed by atoms with Crippen molar-refractivity contribution in [3.63, 3.8) is 0 Å². The molecule has 88 valence electrons. The highest BCUT2D eigenvalue weighted by Crippen LogP contribution is 2.39. The highest BCUT2D eigenvalue weighted by atomic mass is 16.3. The van der Waals surface area contributed by atoms with Gasteiger partial charge in [-0.3, -0.25) is 0 Å². The third-order valence-corrected chi connectivity index (χ3v) is 3.63. The summed E-state index contributed by atoms with van der Waals surface area (Å²) in [6.45, 7) is 9.37. The molecule has 2 rings (SSSR count). The van der Waals surface area contributed by atoms with E-state index in [-0.39, 0.29) is 5.41 Å². The summed E-state index contributed by atoms with van der Waals surface area (Å²) >= 11 is 0. The smallest absolute Gasteiger partial charge is 0.132 e. The Labute approximate surface area is 96.3 Å². The molecule has 16 heavy (non-hydrogen) atoms. The normalized spacial score (nSPS) is 28.4. The van der Waals surface area contributed by atoms with Gasteiger partial charge in [0.25, 0.3) is 0 Å². The van der Waals surface area contributed by atoms with Gasteiger partial charge < -0.3 is 10.0 Å². The predicted octanol–water partition coefficient (Wildman–Crippen LogP) is 1.38. The van der Waals surface area contributed by atoms with Gasteiger partial charge in [-0.2, -0.15) is 0 Å². The summed E-state index contributed by atoms with van der Waals surface area (Å²) in [5, 5.41) is 10.3. The van der Waals surface area contributed by atoms with Crippen molar-refractivity contribution < 1.29 is 5.11 Å². The monoisotopic (exact) mass is 221 g/mol. The Hall–Kier alpha value is -1.16. The number of aromatic nitrogens is 2.